The van der Waals surface area contributed by atoms with Crippen molar-refractivity contribution in [3.05, 3.63) is 34.6 Å². The molecule has 0 spiro atoms. The van der Waals surface area contributed by atoms with Crippen molar-refractivity contribution in [2.75, 3.05) is 0 Å². The Hall–Kier alpha value is -0.560. The van der Waals surface area contributed by atoms with Gasteiger partial charge in [-0.15, -0.1) is 0 Å². The molecule has 1 radical (unpaired) electrons. The lowest BCUT2D eigenvalue weighted by atomic mass is 10.1. The zero-order chi connectivity index (χ0) is 7.84. The number of halogens is 2. The summed E-state index contributed by atoms with van der Waals surface area (Å²) in [5.74, 6) is 0.193. The van der Waals surface area contributed by atoms with Crippen molar-refractivity contribution in [2.24, 2.45) is 0 Å². The number of benzene rings is 1. The smallest absolute Gasteiger partial charge is 0.132 e. The first kappa shape index (κ1) is 7.11. The van der Waals surface area contributed by atoms with Crippen LogP contribution in [0.5, 0.6) is 0 Å². The van der Waals surface area contributed by atoms with Crippen LogP contribution < -0.4 is 0 Å². The zero-order valence-corrected chi connectivity index (χ0v) is 6.66. The Balaban J connectivity index is 2.39. The number of rotatable bonds is 1. The van der Waals surface area contributed by atoms with Crippen molar-refractivity contribution in [3.63, 3.8) is 0 Å². The van der Waals surface area contributed by atoms with E-state index >= 15 is 0 Å². The van der Waals surface area contributed by atoms with Crippen molar-refractivity contribution in [1.82, 2.24) is 0 Å². The molecule has 1 aromatic rings. The molecule has 1 saturated carbocycles. The predicted octanol–water partition coefficient (Wildman–Crippen LogP) is 3.16. The van der Waals surface area contributed by atoms with E-state index in [1.165, 1.54) is 18.9 Å². The van der Waals surface area contributed by atoms with Crippen molar-refractivity contribution >= 4 is 11.6 Å². The maximum Gasteiger partial charge on any atom is 0.132 e. The molecule has 1 aliphatic carbocycles. The number of hydrogen-bond acceptors (Lipinski definition) is 0. The Bertz CT molecular complexity index is 279. The van der Waals surface area contributed by atoms with E-state index in [4.69, 9.17) is 11.6 Å². The summed E-state index contributed by atoms with van der Waals surface area (Å²) < 4.78 is 12.5. The van der Waals surface area contributed by atoms with Crippen molar-refractivity contribution in [3.8, 4) is 0 Å². The summed E-state index contributed by atoms with van der Waals surface area (Å²) in [6.45, 7) is 0. The van der Waals surface area contributed by atoms with Gasteiger partial charge in [0, 0.05) is 6.07 Å². The maximum absolute atomic E-state index is 12.5. The minimum absolute atomic E-state index is 0.376. The van der Waals surface area contributed by atoms with Gasteiger partial charge in [0.15, 0.2) is 0 Å². The average molecular weight is 170 g/mol. The highest BCUT2D eigenvalue weighted by molar-refractivity contribution is 6.31. The molecule has 0 amide bonds. The largest absolute Gasteiger partial charge is 0.206 e. The molecule has 1 fully saturated rings. The monoisotopic (exact) mass is 169 g/mol. The van der Waals surface area contributed by atoms with Gasteiger partial charge in [-0.25, -0.2) is 4.39 Å². The van der Waals surface area contributed by atoms with E-state index in [0.29, 0.717) is 10.9 Å². The van der Waals surface area contributed by atoms with Crippen molar-refractivity contribution in [1.29, 1.82) is 0 Å². The van der Waals surface area contributed by atoms with Crippen LogP contribution in [0, 0.1) is 11.9 Å². The third-order valence-electron chi connectivity index (χ3n) is 1.91. The van der Waals surface area contributed by atoms with Crippen LogP contribution in [0.1, 0.15) is 24.3 Å². The highest BCUT2D eigenvalue weighted by Gasteiger charge is 2.25. The first-order valence-corrected chi connectivity index (χ1v) is 4.02. The lowest BCUT2D eigenvalue weighted by molar-refractivity contribution is 0.625. The van der Waals surface area contributed by atoms with E-state index in [9.17, 15) is 4.39 Å². The summed E-state index contributed by atoms with van der Waals surface area (Å²) in [5, 5.41) is 0.451. The van der Waals surface area contributed by atoms with Crippen LogP contribution >= 0.6 is 11.6 Å². The Labute approximate surface area is 70.0 Å². The summed E-state index contributed by atoms with van der Waals surface area (Å²) in [7, 11) is 0. The van der Waals surface area contributed by atoms with Gasteiger partial charge in [-0.3, -0.25) is 0 Å². The van der Waals surface area contributed by atoms with Gasteiger partial charge < -0.3 is 0 Å². The molecule has 0 saturated heterocycles. The van der Waals surface area contributed by atoms with E-state index < -0.39 is 0 Å². The second kappa shape index (κ2) is 2.49. The fraction of sp³-hybridized carbons (Fsp3) is 0.333. The normalized spacial score (nSPS) is 16.9. The van der Waals surface area contributed by atoms with Gasteiger partial charge in [-0.1, -0.05) is 17.7 Å². The molecule has 1 aromatic carbocycles. The van der Waals surface area contributed by atoms with Crippen LogP contribution in [0.2, 0.25) is 5.02 Å². The Kier molecular flexibility index (Phi) is 1.61. The van der Waals surface area contributed by atoms with E-state index in [-0.39, 0.29) is 5.82 Å². The fourth-order valence-corrected chi connectivity index (χ4v) is 1.47. The van der Waals surface area contributed by atoms with Crippen LogP contribution in [-0.4, -0.2) is 0 Å². The molecule has 0 nitrogen and oxygen atoms in total. The standard InChI is InChI=1S/C9H7ClF/c10-9-5-7(11)3-4-8(9)6-1-2-6/h3-4,6H,1-2H2. The van der Waals surface area contributed by atoms with Crippen LogP contribution in [-0.2, 0) is 0 Å². The molecule has 0 aliphatic heterocycles. The molecule has 2 rings (SSSR count). The number of hydrogen-bond donors (Lipinski definition) is 0. The fourth-order valence-electron chi connectivity index (χ4n) is 1.16. The molecule has 0 bridgehead atoms. The molecule has 57 valence electrons. The van der Waals surface area contributed by atoms with E-state index in [1.54, 1.807) is 6.07 Å². The van der Waals surface area contributed by atoms with Crippen LogP contribution in [0.15, 0.2) is 12.1 Å². The van der Waals surface area contributed by atoms with Crippen molar-refractivity contribution < 1.29 is 4.39 Å². The van der Waals surface area contributed by atoms with Gasteiger partial charge in [0.2, 0.25) is 0 Å². The molecule has 1 aliphatic rings. The van der Waals surface area contributed by atoms with Gasteiger partial charge in [0.25, 0.3) is 0 Å². The quantitative estimate of drug-likeness (QED) is 0.606. The highest BCUT2D eigenvalue weighted by atomic mass is 35.5. The summed E-state index contributed by atoms with van der Waals surface area (Å²) in [6, 6.07) is 5.63. The molecule has 0 atom stereocenters. The first-order chi connectivity index (χ1) is 5.27. The molecular formula is C9H7ClF. The molecule has 11 heavy (non-hydrogen) atoms. The summed E-state index contributed by atoms with van der Waals surface area (Å²) >= 11 is 5.77. The summed E-state index contributed by atoms with van der Waals surface area (Å²) in [6.07, 6.45) is 2.36. The van der Waals surface area contributed by atoms with Crippen LogP contribution in [0.4, 0.5) is 4.39 Å². The van der Waals surface area contributed by atoms with E-state index in [1.807, 2.05) is 0 Å². The van der Waals surface area contributed by atoms with E-state index in [0.717, 1.165) is 5.56 Å². The van der Waals surface area contributed by atoms with Gasteiger partial charge in [0.1, 0.15) is 5.82 Å². The highest BCUT2D eigenvalue weighted by Crippen LogP contribution is 2.42. The topological polar surface area (TPSA) is 0 Å². The predicted molar refractivity (Wildman–Crippen MR) is 42.2 cm³/mol. The minimum atomic E-state index is -0.376. The molecule has 2 heteroatoms. The van der Waals surface area contributed by atoms with E-state index in [2.05, 4.69) is 6.07 Å². The van der Waals surface area contributed by atoms with Crippen LogP contribution in [0.3, 0.4) is 0 Å². The molecule has 0 heterocycles. The Morgan fingerprint density at radius 2 is 2.18 bits per heavy atom. The average Bonchev–Trinajstić information content (AvgIpc) is 2.70. The molecule has 0 unspecified atom stereocenters. The van der Waals surface area contributed by atoms with Gasteiger partial charge in [0.05, 0.1) is 5.02 Å². The van der Waals surface area contributed by atoms with Crippen molar-refractivity contribution in [2.45, 2.75) is 18.8 Å². The minimum Gasteiger partial charge on any atom is -0.206 e. The third kappa shape index (κ3) is 1.38. The molecule has 0 N–H and O–H groups in total. The maximum atomic E-state index is 12.5. The van der Waals surface area contributed by atoms with Crippen LogP contribution in [0.25, 0.3) is 0 Å². The molecular weight excluding hydrogens is 163 g/mol. The first-order valence-electron chi connectivity index (χ1n) is 3.64. The lowest BCUT2D eigenvalue weighted by Gasteiger charge is -1.99. The van der Waals surface area contributed by atoms with Gasteiger partial charge in [-0.05, 0) is 30.4 Å². The summed E-state index contributed by atoms with van der Waals surface area (Å²) in [5.41, 5.74) is 1.05. The Morgan fingerprint density at radius 1 is 1.45 bits per heavy atom. The van der Waals surface area contributed by atoms with Gasteiger partial charge in [-0.2, -0.15) is 0 Å². The van der Waals surface area contributed by atoms with Gasteiger partial charge >= 0.3 is 0 Å². The lowest BCUT2D eigenvalue weighted by Crippen LogP contribution is -1.83. The third-order valence-corrected chi connectivity index (χ3v) is 2.22. The second-order valence-corrected chi connectivity index (χ2v) is 3.23. The Morgan fingerprint density at radius 3 is 2.73 bits per heavy atom. The SMILES string of the molecule is Fc1[c]c(Cl)c(C2CC2)cc1. The zero-order valence-electron chi connectivity index (χ0n) is 5.90. The molecule has 0 aromatic heterocycles. The second-order valence-electron chi connectivity index (χ2n) is 2.85. The summed E-state index contributed by atoms with van der Waals surface area (Å²) in [4.78, 5) is 0.